The van der Waals surface area contributed by atoms with Crippen molar-refractivity contribution in [3.8, 4) is 5.69 Å². The van der Waals surface area contributed by atoms with Crippen molar-refractivity contribution in [2.24, 2.45) is 5.92 Å². The van der Waals surface area contributed by atoms with Crippen LogP contribution in [0.2, 0.25) is 0 Å². The quantitative estimate of drug-likeness (QED) is 0.437. The summed E-state index contributed by atoms with van der Waals surface area (Å²) in [5, 5.41) is 0. The van der Waals surface area contributed by atoms with E-state index in [9.17, 15) is 9.18 Å². The smallest absolute Gasteiger partial charge is 0.226 e. The molecule has 0 saturated carbocycles. The number of nitrogens with zero attached hydrogens (tertiary/aromatic N) is 4. The van der Waals surface area contributed by atoms with Crippen molar-refractivity contribution in [3.05, 3.63) is 60.2 Å². The molecule has 2 aromatic carbocycles. The molecule has 1 fully saturated rings. The van der Waals surface area contributed by atoms with Gasteiger partial charge >= 0.3 is 0 Å². The van der Waals surface area contributed by atoms with Gasteiger partial charge in [-0.1, -0.05) is 32.4 Å². The van der Waals surface area contributed by atoms with Crippen LogP contribution in [-0.4, -0.2) is 51.4 Å². The maximum absolute atomic E-state index is 13.6. The molecule has 4 rings (SSSR count). The normalized spacial score (nSPS) is 16.9. The summed E-state index contributed by atoms with van der Waals surface area (Å²) >= 11 is 0. The molecule has 1 aliphatic heterocycles. The lowest BCUT2D eigenvalue weighted by Crippen LogP contribution is -2.45. The molecule has 1 amide bonds. The molecule has 1 aromatic heterocycles. The summed E-state index contributed by atoms with van der Waals surface area (Å²) < 4.78 is 15.7. The topological polar surface area (TPSA) is 41.4 Å². The van der Waals surface area contributed by atoms with Crippen molar-refractivity contribution in [1.82, 2.24) is 19.4 Å². The largest absolute Gasteiger partial charge is 0.342 e. The van der Waals surface area contributed by atoms with Gasteiger partial charge in [-0.3, -0.25) is 14.3 Å². The average molecular weight is 451 g/mol. The van der Waals surface area contributed by atoms with Gasteiger partial charge in [0.1, 0.15) is 11.6 Å². The first-order valence-corrected chi connectivity index (χ1v) is 12.3. The number of rotatable bonds is 9. The summed E-state index contributed by atoms with van der Waals surface area (Å²) in [6.45, 7) is 8.40. The second kappa shape index (κ2) is 10.9. The van der Waals surface area contributed by atoms with Crippen LogP contribution in [0.1, 0.15) is 51.8 Å². The molecule has 0 spiro atoms. The second-order valence-corrected chi connectivity index (χ2v) is 9.08. The van der Waals surface area contributed by atoms with Gasteiger partial charge in [0.05, 0.1) is 23.5 Å². The Morgan fingerprint density at radius 3 is 2.64 bits per heavy atom. The Bertz CT molecular complexity index is 1060. The number of piperidine rings is 1. The summed E-state index contributed by atoms with van der Waals surface area (Å²) in [6.07, 6.45) is 5.12. The summed E-state index contributed by atoms with van der Waals surface area (Å²) in [5.74, 6) is 1.03. The van der Waals surface area contributed by atoms with Crippen molar-refractivity contribution in [3.63, 3.8) is 0 Å². The Morgan fingerprint density at radius 2 is 1.88 bits per heavy atom. The van der Waals surface area contributed by atoms with Crippen molar-refractivity contribution >= 4 is 16.9 Å². The van der Waals surface area contributed by atoms with Crippen LogP contribution in [0.3, 0.4) is 0 Å². The number of para-hydroxylation sites is 2. The van der Waals surface area contributed by atoms with E-state index in [1.807, 2.05) is 24.3 Å². The van der Waals surface area contributed by atoms with E-state index in [-0.39, 0.29) is 11.7 Å². The van der Waals surface area contributed by atoms with Gasteiger partial charge in [0.25, 0.3) is 0 Å². The first kappa shape index (κ1) is 23.4. The molecule has 1 aliphatic rings. The number of unbranched alkanes of at least 4 members (excludes halogenated alkanes) is 1. The average Bonchev–Trinajstić information content (AvgIpc) is 3.19. The van der Waals surface area contributed by atoms with Crippen LogP contribution < -0.4 is 0 Å². The van der Waals surface area contributed by atoms with Gasteiger partial charge in [-0.05, 0) is 68.6 Å². The highest BCUT2D eigenvalue weighted by Gasteiger charge is 2.29. The molecule has 0 bridgehead atoms. The van der Waals surface area contributed by atoms with E-state index in [4.69, 9.17) is 4.98 Å². The summed E-state index contributed by atoms with van der Waals surface area (Å²) in [4.78, 5) is 22.6. The highest BCUT2D eigenvalue weighted by Crippen LogP contribution is 2.25. The van der Waals surface area contributed by atoms with Crippen molar-refractivity contribution in [2.45, 2.75) is 52.5 Å². The van der Waals surface area contributed by atoms with Crippen molar-refractivity contribution in [2.75, 3.05) is 26.2 Å². The minimum atomic E-state index is -0.248. The number of hydrogen-bond acceptors (Lipinski definition) is 3. The van der Waals surface area contributed by atoms with Gasteiger partial charge in [0.2, 0.25) is 5.91 Å². The lowest BCUT2D eigenvalue weighted by molar-refractivity contribution is -0.137. The zero-order valence-corrected chi connectivity index (χ0v) is 19.8. The number of fused-ring (bicyclic) bond motifs is 1. The highest BCUT2D eigenvalue weighted by atomic mass is 19.1. The predicted octanol–water partition coefficient (Wildman–Crippen LogP) is 5.42. The Labute approximate surface area is 196 Å². The van der Waals surface area contributed by atoms with E-state index in [2.05, 4.69) is 28.2 Å². The first-order valence-electron chi connectivity index (χ1n) is 12.3. The minimum Gasteiger partial charge on any atom is -0.342 e. The van der Waals surface area contributed by atoms with E-state index >= 15 is 0 Å². The van der Waals surface area contributed by atoms with Gasteiger partial charge in [-0.2, -0.15) is 0 Å². The predicted molar refractivity (Wildman–Crippen MR) is 131 cm³/mol. The maximum Gasteiger partial charge on any atom is 0.226 e. The van der Waals surface area contributed by atoms with Crippen molar-refractivity contribution < 1.29 is 9.18 Å². The van der Waals surface area contributed by atoms with Crippen LogP contribution >= 0.6 is 0 Å². The lowest BCUT2D eigenvalue weighted by Gasteiger charge is -2.35. The van der Waals surface area contributed by atoms with E-state index in [0.717, 1.165) is 80.8 Å². The molecule has 1 atom stereocenters. The van der Waals surface area contributed by atoms with Crippen LogP contribution in [0.5, 0.6) is 0 Å². The number of carbonyl (C=O) groups is 1. The van der Waals surface area contributed by atoms with Gasteiger partial charge in [0, 0.05) is 25.3 Å². The fourth-order valence-corrected chi connectivity index (χ4v) is 4.87. The summed E-state index contributed by atoms with van der Waals surface area (Å²) in [5.41, 5.74) is 2.84. The third-order valence-electron chi connectivity index (χ3n) is 6.52. The van der Waals surface area contributed by atoms with Gasteiger partial charge < -0.3 is 4.90 Å². The molecule has 176 valence electrons. The minimum absolute atomic E-state index is 0.0470. The number of imidazole rings is 1. The maximum atomic E-state index is 13.6. The van der Waals surface area contributed by atoms with Crippen LogP contribution in [0.15, 0.2) is 48.5 Å². The van der Waals surface area contributed by atoms with E-state index in [1.54, 1.807) is 12.1 Å². The number of aromatic nitrogens is 2. The molecule has 3 aromatic rings. The third-order valence-corrected chi connectivity index (χ3v) is 6.52. The Hall–Kier alpha value is -2.73. The molecule has 0 unspecified atom stereocenters. The number of hydrogen-bond donors (Lipinski definition) is 0. The number of benzene rings is 2. The molecular formula is C27H35FN4O. The molecule has 2 heterocycles. The summed E-state index contributed by atoms with van der Waals surface area (Å²) in [7, 11) is 0. The Kier molecular flexibility index (Phi) is 7.76. The van der Waals surface area contributed by atoms with Gasteiger partial charge in [-0.15, -0.1) is 0 Å². The van der Waals surface area contributed by atoms with E-state index in [0.29, 0.717) is 12.5 Å². The second-order valence-electron chi connectivity index (χ2n) is 9.08. The monoisotopic (exact) mass is 450 g/mol. The lowest BCUT2D eigenvalue weighted by atomic mass is 9.96. The Morgan fingerprint density at radius 1 is 1.09 bits per heavy atom. The molecule has 1 saturated heterocycles. The molecule has 0 N–H and O–H groups in total. The van der Waals surface area contributed by atoms with Gasteiger partial charge in [-0.25, -0.2) is 9.37 Å². The fourth-order valence-electron chi connectivity index (χ4n) is 4.87. The van der Waals surface area contributed by atoms with E-state index < -0.39 is 0 Å². The summed E-state index contributed by atoms with van der Waals surface area (Å²) in [6, 6.07) is 14.6. The standard InChI is InChI=1S/C27H35FN4O/c1-3-5-18-31(16-4-2)27(33)21-9-8-17-30(19-21)20-26-29-24-10-6-7-11-25(24)32(26)23-14-12-22(28)13-15-23/h6-7,10-15,21H,3-5,8-9,16-20H2,1-2H3/t21-/m0/s1. The third kappa shape index (κ3) is 5.44. The molecule has 5 nitrogen and oxygen atoms in total. The zero-order valence-electron chi connectivity index (χ0n) is 19.8. The molecule has 0 radical (unpaired) electrons. The Balaban J connectivity index is 1.55. The SMILES string of the molecule is CCCCN(CCC)C(=O)[C@H]1CCCN(Cc2nc3ccccc3n2-c2ccc(F)cc2)C1. The molecular weight excluding hydrogens is 415 g/mol. The van der Waals surface area contributed by atoms with Crippen LogP contribution in [-0.2, 0) is 11.3 Å². The van der Waals surface area contributed by atoms with Gasteiger partial charge in [0.15, 0.2) is 0 Å². The highest BCUT2D eigenvalue weighted by molar-refractivity contribution is 5.79. The number of amides is 1. The van der Waals surface area contributed by atoms with E-state index in [1.165, 1.54) is 12.1 Å². The van der Waals surface area contributed by atoms with Crippen molar-refractivity contribution in [1.29, 1.82) is 0 Å². The molecule has 0 aliphatic carbocycles. The zero-order chi connectivity index (χ0) is 23.2. The van der Waals surface area contributed by atoms with Crippen LogP contribution in [0.4, 0.5) is 4.39 Å². The molecule has 6 heteroatoms. The number of halogens is 1. The molecule has 33 heavy (non-hydrogen) atoms. The van der Waals surface area contributed by atoms with Crippen LogP contribution in [0.25, 0.3) is 16.7 Å². The van der Waals surface area contributed by atoms with Crippen LogP contribution in [0, 0.1) is 11.7 Å². The number of carbonyl (C=O) groups excluding carboxylic acids is 1. The first-order chi connectivity index (χ1) is 16.1. The number of likely N-dealkylation sites (tertiary alicyclic amines) is 1. The fraction of sp³-hybridized carbons (Fsp3) is 0.481.